The number of rotatable bonds is 4. The topological polar surface area (TPSA) is 29.1 Å². The molecule has 1 N–H and O–H groups in total. The first-order valence-corrected chi connectivity index (χ1v) is 5.95. The Morgan fingerprint density at radius 1 is 1.50 bits per heavy atom. The van der Waals surface area contributed by atoms with Gasteiger partial charge in [0.05, 0.1) is 0 Å². The van der Waals surface area contributed by atoms with Crippen LogP contribution in [0.5, 0.6) is 0 Å². The van der Waals surface area contributed by atoms with E-state index in [-0.39, 0.29) is 5.41 Å². The van der Waals surface area contributed by atoms with Crippen LogP contribution in [0.3, 0.4) is 0 Å². The van der Waals surface area contributed by atoms with Gasteiger partial charge in [0.2, 0.25) is 0 Å². The van der Waals surface area contributed by atoms with Gasteiger partial charge < -0.3 is 5.32 Å². The van der Waals surface area contributed by atoms with Crippen molar-refractivity contribution in [3.63, 3.8) is 0 Å². The van der Waals surface area contributed by atoms with Crippen LogP contribution in [0, 0.1) is 11.3 Å². The summed E-state index contributed by atoms with van der Waals surface area (Å²) in [6.45, 7) is 4.12. The summed E-state index contributed by atoms with van der Waals surface area (Å²) in [7, 11) is 0. The molecule has 2 heteroatoms. The van der Waals surface area contributed by atoms with Crippen LogP contribution in [0.4, 0.5) is 0 Å². The minimum Gasteiger partial charge on any atom is -0.316 e. The molecule has 2 fully saturated rings. The fourth-order valence-corrected chi connectivity index (χ4v) is 2.34. The highest BCUT2D eigenvalue weighted by Crippen LogP contribution is 2.36. The Morgan fingerprint density at radius 3 is 2.86 bits per heavy atom. The van der Waals surface area contributed by atoms with E-state index in [1.54, 1.807) is 0 Å². The van der Waals surface area contributed by atoms with E-state index in [4.69, 9.17) is 0 Å². The fourth-order valence-electron chi connectivity index (χ4n) is 2.34. The quantitative estimate of drug-likeness (QED) is 0.744. The van der Waals surface area contributed by atoms with Gasteiger partial charge in [-0.05, 0) is 31.7 Å². The zero-order valence-electron chi connectivity index (χ0n) is 9.14. The highest BCUT2D eigenvalue weighted by atomic mass is 16.1. The van der Waals surface area contributed by atoms with Gasteiger partial charge in [-0.2, -0.15) is 0 Å². The van der Waals surface area contributed by atoms with Gasteiger partial charge in [-0.1, -0.05) is 19.8 Å². The first kappa shape index (κ1) is 10.2. The normalized spacial score (nSPS) is 32.9. The smallest absolute Gasteiger partial charge is 0.140 e. The Morgan fingerprint density at radius 2 is 2.29 bits per heavy atom. The highest BCUT2D eigenvalue weighted by molar-refractivity contribution is 5.84. The van der Waals surface area contributed by atoms with Gasteiger partial charge in [0.1, 0.15) is 5.78 Å². The summed E-state index contributed by atoms with van der Waals surface area (Å²) >= 11 is 0. The lowest BCUT2D eigenvalue weighted by atomic mass is 9.77. The van der Waals surface area contributed by atoms with E-state index < -0.39 is 0 Å². The number of piperidine rings is 1. The molecule has 0 bridgehead atoms. The van der Waals surface area contributed by atoms with Crippen molar-refractivity contribution in [2.45, 2.75) is 45.4 Å². The molecule has 2 aliphatic rings. The minimum absolute atomic E-state index is 0.0485. The molecule has 1 unspecified atom stereocenters. The molecule has 0 aromatic rings. The maximum Gasteiger partial charge on any atom is 0.140 e. The lowest BCUT2D eigenvalue weighted by molar-refractivity contribution is -0.129. The largest absolute Gasteiger partial charge is 0.316 e. The molecule has 2 rings (SSSR count). The molecule has 0 aromatic carbocycles. The number of nitrogens with one attached hydrogen (secondary N) is 1. The molecule has 1 heterocycles. The molecule has 0 radical (unpaired) electrons. The van der Waals surface area contributed by atoms with Crippen molar-refractivity contribution in [3.05, 3.63) is 0 Å². The van der Waals surface area contributed by atoms with Crippen molar-refractivity contribution < 1.29 is 4.79 Å². The van der Waals surface area contributed by atoms with Crippen molar-refractivity contribution in [1.29, 1.82) is 0 Å². The number of ketones is 1. The molecule has 2 nitrogen and oxygen atoms in total. The summed E-state index contributed by atoms with van der Waals surface area (Å²) in [5, 5.41) is 3.34. The zero-order chi connectivity index (χ0) is 10.0. The highest BCUT2D eigenvalue weighted by Gasteiger charge is 2.34. The summed E-state index contributed by atoms with van der Waals surface area (Å²) in [4.78, 5) is 12.0. The number of carbonyl (C=O) groups excluding carboxylic acids is 1. The fraction of sp³-hybridized carbons (Fsp3) is 0.917. The molecule has 1 aliphatic carbocycles. The average Bonchev–Trinajstić information content (AvgIpc) is 2.99. The summed E-state index contributed by atoms with van der Waals surface area (Å²) in [6.07, 6.45) is 6.94. The van der Waals surface area contributed by atoms with Gasteiger partial charge in [-0.3, -0.25) is 4.79 Å². The number of Topliss-reactive ketones (excluding diaryl/α,β-unsaturated/α-hetero) is 1. The molecule has 0 aromatic heterocycles. The van der Waals surface area contributed by atoms with Crippen LogP contribution in [0.1, 0.15) is 45.4 Å². The third-order valence-corrected chi connectivity index (χ3v) is 3.75. The number of hydrogen-bond donors (Lipinski definition) is 1. The summed E-state index contributed by atoms with van der Waals surface area (Å²) in [6, 6.07) is 0. The van der Waals surface area contributed by atoms with Gasteiger partial charge in [-0.25, -0.2) is 0 Å². The Kier molecular flexibility index (Phi) is 2.91. The Hall–Kier alpha value is -0.370. The van der Waals surface area contributed by atoms with Crippen molar-refractivity contribution in [3.8, 4) is 0 Å². The zero-order valence-corrected chi connectivity index (χ0v) is 9.14. The van der Waals surface area contributed by atoms with E-state index >= 15 is 0 Å². The van der Waals surface area contributed by atoms with Gasteiger partial charge >= 0.3 is 0 Å². The van der Waals surface area contributed by atoms with E-state index in [0.717, 1.165) is 44.7 Å². The predicted octanol–water partition coefficient (Wildman–Crippen LogP) is 2.14. The SMILES string of the molecule is CC1(C(=O)CCC2CC2)CCCNC1. The van der Waals surface area contributed by atoms with E-state index in [1.165, 1.54) is 12.8 Å². The Balaban J connectivity index is 1.80. The van der Waals surface area contributed by atoms with Crippen LogP contribution in [0.15, 0.2) is 0 Å². The molecule has 1 aliphatic heterocycles. The summed E-state index contributed by atoms with van der Waals surface area (Å²) < 4.78 is 0. The van der Waals surface area contributed by atoms with Crippen molar-refractivity contribution in [2.75, 3.05) is 13.1 Å². The third kappa shape index (κ3) is 2.35. The molecule has 80 valence electrons. The van der Waals surface area contributed by atoms with Crippen LogP contribution in [-0.2, 0) is 4.79 Å². The van der Waals surface area contributed by atoms with Crippen LogP contribution < -0.4 is 5.32 Å². The molecule has 1 saturated carbocycles. The second-order valence-corrected chi connectivity index (χ2v) is 5.25. The second kappa shape index (κ2) is 4.01. The van der Waals surface area contributed by atoms with Gasteiger partial charge in [0, 0.05) is 18.4 Å². The molecule has 0 amide bonds. The predicted molar refractivity (Wildman–Crippen MR) is 57.2 cm³/mol. The van der Waals surface area contributed by atoms with Crippen LogP contribution >= 0.6 is 0 Å². The van der Waals surface area contributed by atoms with Crippen LogP contribution in [-0.4, -0.2) is 18.9 Å². The molecular weight excluding hydrogens is 174 g/mol. The van der Waals surface area contributed by atoms with E-state index in [9.17, 15) is 4.79 Å². The summed E-state index contributed by atoms with van der Waals surface area (Å²) in [5.74, 6) is 1.38. The lowest BCUT2D eigenvalue weighted by Gasteiger charge is -2.32. The number of carbonyl (C=O) groups is 1. The molecule has 0 spiro atoms. The molecular formula is C12H21NO. The van der Waals surface area contributed by atoms with Gasteiger partial charge in [0.25, 0.3) is 0 Å². The first-order chi connectivity index (χ1) is 6.71. The average molecular weight is 195 g/mol. The maximum atomic E-state index is 12.0. The Bertz CT molecular complexity index is 214. The number of hydrogen-bond acceptors (Lipinski definition) is 2. The monoisotopic (exact) mass is 195 g/mol. The summed E-state index contributed by atoms with van der Waals surface area (Å²) in [5.41, 5.74) is -0.0485. The second-order valence-electron chi connectivity index (χ2n) is 5.25. The third-order valence-electron chi connectivity index (χ3n) is 3.75. The van der Waals surface area contributed by atoms with Gasteiger partial charge in [0.15, 0.2) is 0 Å². The van der Waals surface area contributed by atoms with E-state index in [1.807, 2.05) is 0 Å². The Labute approximate surface area is 86.5 Å². The molecule has 1 atom stereocenters. The maximum absolute atomic E-state index is 12.0. The van der Waals surface area contributed by atoms with Crippen molar-refractivity contribution >= 4 is 5.78 Å². The van der Waals surface area contributed by atoms with Crippen molar-refractivity contribution in [2.24, 2.45) is 11.3 Å². The van der Waals surface area contributed by atoms with Gasteiger partial charge in [-0.15, -0.1) is 0 Å². The molecule has 1 saturated heterocycles. The molecule has 14 heavy (non-hydrogen) atoms. The van der Waals surface area contributed by atoms with Crippen LogP contribution in [0.2, 0.25) is 0 Å². The van der Waals surface area contributed by atoms with Crippen molar-refractivity contribution in [1.82, 2.24) is 5.32 Å². The standard InChI is InChI=1S/C12H21NO/c1-12(7-2-8-13-9-12)11(14)6-5-10-3-4-10/h10,13H,2-9H2,1H3. The minimum atomic E-state index is -0.0485. The van der Waals surface area contributed by atoms with E-state index in [0.29, 0.717) is 5.78 Å². The van der Waals surface area contributed by atoms with Crippen LogP contribution in [0.25, 0.3) is 0 Å². The first-order valence-electron chi connectivity index (χ1n) is 5.95. The lowest BCUT2D eigenvalue weighted by Crippen LogP contribution is -2.43. The van der Waals surface area contributed by atoms with E-state index in [2.05, 4.69) is 12.2 Å².